The molecule has 0 aromatic heterocycles. The van der Waals surface area contributed by atoms with Gasteiger partial charge < -0.3 is 4.74 Å². The molecule has 2 unspecified atom stereocenters. The van der Waals surface area contributed by atoms with Gasteiger partial charge in [0.2, 0.25) is 0 Å². The topological polar surface area (TPSA) is 38.5 Å². The zero-order valence-electron chi connectivity index (χ0n) is 6.00. The average Bonchev–Trinajstić information content (AvgIpc) is 2.14. The van der Waals surface area contributed by atoms with Gasteiger partial charge in [0, 0.05) is 13.1 Å². The van der Waals surface area contributed by atoms with E-state index in [0.717, 1.165) is 13.0 Å². The Morgan fingerprint density at radius 3 is 2.56 bits per heavy atom. The highest BCUT2D eigenvalue weighted by molar-refractivity contribution is 4.74. The van der Waals surface area contributed by atoms with Crippen LogP contribution < -0.4 is 5.84 Å². The maximum Gasteiger partial charge on any atom is 0.0640 e. The van der Waals surface area contributed by atoms with E-state index >= 15 is 0 Å². The summed E-state index contributed by atoms with van der Waals surface area (Å²) in [5, 5.41) is 1.73. The minimum atomic E-state index is 0.390. The van der Waals surface area contributed by atoms with Crippen LogP contribution in [0.3, 0.4) is 0 Å². The SMILES string of the molecule is CC1CC(N(C)N)CO1. The zero-order chi connectivity index (χ0) is 6.85. The van der Waals surface area contributed by atoms with Gasteiger partial charge >= 0.3 is 0 Å². The first-order valence-corrected chi connectivity index (χ1v) is 3.29. The fraction of sp³-hybridized carbons (Fsp3) is 1.00. The molecule has 0 spiro atoms. The molecule has 0 bridgehead atoms. The summed E-state index contributed by atoms with van der Waals surface area (Å²) < 4.78 is 5.31. The van der Waals surface area contributed by atoms with Gasteiger partial charge in [0.05, 0.1) is 12.7 Å². The van der Waals surface area contributed by atoms with Crippen molar-refractivity contribution in [3.05, 3.63) is 0 Å². The van der Waals surface area contributed by atoms with Crippen molar-refractivity contribution in [2.24, 2.45) is 5.84 Å². The van der Waals surface area contributed by atoms with Crippen LogP contribution in [0.25, 0.3) is 0 Å². The normalized spacial score (nSPS) is 36.0. The van der Waals surface area contributed by atoms with Gasteiger partial charge in [0.25, 0.3) is 0 Å². The summed E-state index contributed by atoms with van der Waals surface area (Å²) >= 11 is 0. The van der Waals surface area contributed by atoms with E-state index in [1.54, 1.807) is 5.01 Å². The van der Waals surface area contributed by atoms with Gasteiger partial charge in [0.15, 0.2) is 0 Å². The Hall–Kier alpha value is -0.120. The van der Waals surface area contributed by atoms with Crippen LogP contribution >= 0.6 is 0 Å². The van der Waals surface area contributed by atoms with Crippen LogP contribution in [-0.2, 0) is 4.74 Å². The number of nitrogens with two attached hydrogens (primary N) is 1. The average molecular weight is 130 g/mol. The van der Waals surface area contributed by atoms with E-state index in [4.69, 9.17) is 10.6 Å². The molecule has 1 heterocycles. The van der Waals surface area contributed by atoms with Gasteiger partial charge in [-0.2, -0.15) is 0 Å². The third kappa shape index (κ3) is 1.64. The minimum absolute atomic E-state index is 0.390. The van der Waals surface area contributed by atoms with Crippen LogP contribution in [0.4, 0.5) is 0 Å². The van der Waals surface area contributed by atoms with Crippen molar-refractivity contribution in [3.63, 3.8) is 0 Å². The number of nitrogens with zero attached hydrogens (tertiary/aromatic N) is 1. The summed E-state index contributed by atoms with van der Waals surface area (Å²) in [7, 11) is 1.88. The molecule has 0 radical (unpaired) electrons. The quantitative estimate of drug-likeness (QED) is 0.400. The lowest BCUT2D eigenvalue weighted by molar-refractivity contribution is 0.112. The van der Waals surface area contributed by atoms with Gasteiger partial charge in [-0.1, -0.05) is 0 Å². The Morgan fingerprint density at radius 2 is 2.33 bits per heavy atom. The second-order valence-electron chi connectivity index (χ2n) is 2.70. The lowest BCUT2D eigenvalue weighted by Gasteiger charge is -2.15. The van der Waals surface area contributed by atoms with Crippen LogP contribution in [0.5, 0.6) is 0 Å². The predicted octanol–water partition coefficient (Wildman–Crippen LogP) is -0.0307. The van der Waals surface area contributed by atoms with Crippen molar-refractivity contribution >= 4 is 0 Å². The van der Waals surface area contributed by atoms with Crippen molar-refractivity contribution < 1.29 is 4.74 Å². The Labute approximate surface area is 55.7 Å². The second-order valence-corrected chi connectivity index (χ2v) is 2.70. The lowest BCUT2D eigenvalue weighted by atomic mass is 10.2. The van der Waals surface area contributed by atoms with E-state index in [-0.39, 0.29) is 0 Å². The fourth-order valence-corrected chi connectivity index (χ4v) is 1.08. The molecule has 1 saturated heterocycles. The predicted molar refractivity (Wildman–Crippen MR) is 35.8 cm³/mol. The van der Waals surface area contributed by atoms with E-state index in [0.29, 0.717) is 12.1 Å². The van der Waals surface area contributed by atoms with E-state index in [1.807, 2.05) is 7.05 Å². The summed E-state index contributed by atoms with van der Waals surface area (Å²) in [6, 6.07) is 0.431. The highest BCUT2D eigenvalue weighted by Crippen LogP contribution is 2.14. The van der Waals surface area contributed by atoms with E-state index < -0.39 is 0 Å². The van der Waals surface area contributed by atoms with Crippen LogP contribution in [0, 0.1) is 0 Å². The van der Waals surface area contributed by atoms with E-state index in [2.05, 4.69) is 6.92 Å². The molecule has 0 aliphatic carbocycles. The highest BCUT2D eigenvalue weighted by atomic mass is 16.5. The molecule has 3 heteroatoms. The first-order valence-electron chi connectivity index (χ1n) is 3.29. The standard InChI is InChI=1S/C6H14N2O/c1-5-3-6(4-9-5)8(2)7/h5-6H,3-4,7H2,1-2H3. The van der Waals surface area contributed by atoms with Gasteiger partial charge in [-0.3, -0.25) is 5.84 Å². The zero-order valence-corrected chi connectivity index (χ0v) is 6.00. The Balaban J connectivity index is 2.30. The molecule has 2 N–H and O–H groups in total. The summed E-state index contributed by atoms with van der Waals surface area (Å²) in [5.41, 5.74) is 0. The number of hydrogen-bond donors (Lipinski definition) is 1. The van der Waals surface area contributed by atoms with Gasteiger partial charge in [-0.15, -0.1) is 0 Å². The van der Waals surface area contributed by atoms with Crippen molar-refractivity contribution in [1.82, 2.24) is 5.01 Å². The van der Waals surface area contributed by atoms with Crippen LogP contribution in [0.2, 0.25) is 0 Å². The summed E-state index contributed by atoms with van der Waals surface area (Å²) in [6.45, 7) is 2.86. The largest absolute Gasteiger partial charge is 0.377 e. The van der Waals surface area contributed by atoms with Gasteiger partial charge in [0.1, 0.15) is 0 Å². The van der Waals surface area contributed by atoms with E-state index in [9.17, 15) is 0 Å². The van der Waals surface area contributed by atoms with Crippen LogP contribution in [0.1, 0.15) is 13.3 Å². The molecule has 0 aromatic carbocycles. The molecule has 1 aliphatic rings. The molecule has 0 amide bonds. The molecule has 54 valence electrons. The molecule has 1 fully saturated rings. The van der Waals surface area contributed by atoms with Crippen molar-refractivity contribution in [1.29, 1.82) is 0 Å². The first kappa shape index (κ1) is 6.99. The Morgan fingerprint density at radius 1 is 1.67 bits per heavy atom. The maximum absolute atomic E-state index is 5.51. The third-order valence-electron chi connectivity index (χ3n) is 1.75. The molecule has 0 saturated carbocycles. The molecule has 3 nitrogen and oxygen atoms in total. The smallest absolute Gasteiger partial charge is 0.0640 e. The van der Waals surface area contributed by atoms with Crippen molar-refractivity contribution in [2.45, 2.75) is 25.5 Å². The van der Waals surface area contributed by atoms with E-state index in [1.165, 1.54) is 0 Å². The lowest BCUT2D eigenvalue weighted by Crippen LogP contribution is -2.37. The maximum atomic E-state index is 5.51. The van der Waals surface area contributed by atoms with Crippen molar-refractivity contribution in [3.8, 4) is 0 Å². The summed E-state index contributed by atoms with van der Waals surface area (Å²) in [4.78, 5) is 0. The van der Waals surface area contributed by atoms with Gasteiger partial charge in [-0.25, -0.2) is 5.01 Å². The number of hydrogen-bond acceptors (Lipinski definition) is 3. The molecular weight excluding hydrogens is 116 g/mol. The van der Waals surface area contributed by atoms with Crippen molar-refractivity contribution in [2.75, 3.05) is 13.7 Å². The Bertz CT molecular complexity index is 95.1. The molecule has 2 atom stereocenters. The number of ether oxygens (including phenoxy) is 1. The molecule has 0 aromatic rings. The number of hydrazine groups is 1. The second kappa shape index (κ2) is 2.64. The molecule has 1 rings (SSSR count). The first-order chi connectivity index (χ1) is 4.20. The summed E-state index contributed by atoms with van der Waals surface area (Å²) in [5.74, 6) is 5.51. The van der Waals surface area contributed by atoms with Crippen LogP contribution in [-0.4, -0.2) is 30.8 Å². The molecule has 9 heavy (non-hydrogen) atoms. The molecule has 1 aliphatic heterocycles. The van der Waals surface area contributed by atoms with Crippen LogP contribution in [0.15, 0.2) is 0 Å². The number of rotatable bonds is 1. The third-order valence-corrected chi connectivity index (χ3v) is 1.75. The number of likely N-dealkylation sites (N-methyl/N-ethyl adjacent to an activating group) is 1. The molecular formula is C6H14N2O. The van der Waals surface area contributed by atoms with Gasteiger partial charge in [-0.05, 0) is 13.3 Å². The fourth-order valence-electron chi connectivity index (χ4n) is 1.08. The summed E-state index contributed by atoms with van der Waals surface area (Å²) in [6.07, 6.45) is 1.45. The monoisotopic (exact) mass is 130 g/mol. The highest BCUT2D eigenvalue weighted by Gasteiger charge is 2.23. The Kier molecular flexibility index (Phi) is 2.05. The minimum Gasteiger partial charge on any atom is -0.377 e.